The second-order valence-electron chi connectivity index (χ2n) is 4.18. The van der Waals surface area contributed by atoms with E-state index in [2.05, 4.69) is 15.6 Å². The van der Waals surface area contributed by atoms with E-state index in [1.807, 2.05) is 43.5 Å². The van der Waals surface area contributed by atoms with Crippen LogP contribution in [0.4, 0.5) is 5.69 Å². The summed E-state index contributed by atoms with van der Waals surface area (Å²) >= 11 is 5.26. The quantitative estimate of drug-likeness (QED) is 0.751. The first-order valence-corrected chi connectivity index (χ1v) is 6.41. The highest BCUT2D eigenvalue weighted by molar-refractivity contribution is 7.80. The van der Waals surface area contributed by atoms with Crippen molar-refractivity contribution < 1.29 is 4.74 Å². The summed E-state index contributed by atoms with van der Waals surface area (Å²) in [6.45, 7) is 2.69. The van der Waals surface area contributed by atoms with Crippen LogP contribution in [0.1, 0.15) is 11.3 Å². The number of benzene rings is 1. The van der Waals surface area contributed by atoms with Crippen LogP contribution in [-0.4, -0.2) is 17.2 Å². The molecule has 0 bridgehead atoms. The van der Waals surface area contributed by atoms with Gasteiger partial charge in [-0.15, -0.1) is 0 Å². The minimum atomic E-state index is 0.600. The zero-order chi connectivity index (χ0) is 13.7. The fourth-order valence-electron chi connectivity index (χ4n) is 1.72. The molecule has 100 valence electrons. The molecule has 0 atom stereocenters. The Balaban J connectivity index is 1.91. The van der Waals surface area contributed by atoms with Crippen LogP contribution >= 0.6 is 12.2 Å². The number of thiocarbonyl (C=S) groups is 1. The Hall–Kier alpha value is -2.01. The second-order valence-corrected chi connectivity index (χ2v) is 4.59. The lowest BCUT2D eigenvalue weighted by atomic mass is 10.2. The van der Waals surface area contributed by atoms with Crippen molar-refractivity contribution in [3.8, 4) is 5.75 Å². The highest BCUT2D eigenvalue weighted by atomic mass is 32.1. The van der Waals surface area contributed by atoms with E-state index >= 15 is 0 Å². The Morgan fingerprint density at radius 1 is 1.37 bits per heavy atom. The fourth-order valence-corrected chi connectivity index (χ4v) is 1.91. The van der Waals surface area contributed by atoms with Gasteiger partial charge in [-0.1, -0.05) is 0 Å². The molecule has 1 aromatic heterocycles. The van der Waals surface area contributed by atoms with Gasteiger partial charge in [-0.25, -0.2) is 0 Å². The van der Waals surface area contributed by atoms with Crippen molar-refractivity contribution in [1.29, 1.82) is 0 Å². The monoisotopic (exact) mass is 275 g/mol. The first-order valence-electron chi connectivity index (χ1n) is 6.01. The van der Waals surface area contributed by atoms with Crippen molar-refractivity contribution in [3.05, 3.63) is 47.8 Å². The van der Waals surface area contributed by atoms with Gasteiger partial charge in [-0.2, -0.15) is 0 Å². The maximum absolute atomic E-state index is 5.26. The maximum atomic E-state index is 5.26. The van der Waals surface area contributed by atoms with Gasteiger partial charge in [0.05, 0.1) is 13.7 Å². The van der Waals surface area contributed by atoms with Gasteiger partial charge >= 0.3 is 0 Å². The Labute approximate surface area is 118 Å². The molecule has 0 aliphatic heterocycles. The standard InChI is InChI=1S/C14H17N3OS/c1-10-8-12(18-2)5-6-13(10)17-14(19)16-9-11-4-3-7-15-11/h3-8,15H,9H2,1-2H3,(H2,16,17,19). The average molecular weight is 275 g/mol. The van der Waals surface area contributed by atoms with E-state index in [9.17, 15) is 0 Å². The third-order valence-corrected chi connectivity index (χ3v) is 3.03. The summed E-state index contributed by atoms with van der Waals surface area (Å²) in [5, 5.41) is 6.92. The Kier molecular flexibility index (Phi) is 4.41. The van der Waals surface area contributed by atoms with Crippen molar-refractivity contribution in [1.82, 2.24) is 10.3 Å². The predicted molar refractivity (Wildman–Crippen MR) is 81.6 cm³/mol. The number of aromatic nitrogens is 1. The Morgan fingerprint density at radius 2 is 2.21 bits per heavy atom. The molecule has 0 saturated heterocycles. The number of hydrogen-bond donors (Lipinski definition) is 3. The normalized spacial score (nSPS) is 10.0. The van der Waals surface area contributed by atoms with Gasteiger partial charge in [0.15, 0.2) is 5.11 Å². The van der Waals surface area contributed by atoms with Crippen LogP contribution in [0.25, 0.3) is 0 Å². The molecular weight excluding hydrogens is 258 g/mol. The van der Waals surface area contributed by atoms with E-state index in [1.165, 1.54) is 0 Å². The number of ether oxygens (including phenoxy) is 1. The van der Waals surface area contributed by atoms with Crippen molar-refractivity contribution in [2.75, 3.05) is 12.4 Å². The van der Waals surface area contributed by atoms with E-state index in [1.54, 1.807) is 7.11 Å². The van der Waals surface area contributed by atoms with Gasteiger partial charge in [-0.05, 0) is 55.0 Å². The van der Waals surface area contributed by atoms with Gasteiger partial charge in [0.2, 0.25) is 0 Å². The molecule has 0 aliphatic rings. The minimum absolute atomic E-state index is 0.600. The number of nitrogens with one attached hydrogen (secondary N) is 3. The number of methoxy groups -OCH3 is 1. The molecule has 0 saturated carbocycles. The highest BCUT2D eigenvalue weighted by Crippen LogP contribution is 2.20. The first-order chi connectivity index (χ1) is 9.19. The lowest BCUT2D eigenvalue weighted by Crippen LogP contribution is -2.28. The first kappa shape index (κ1) is 13.4. The van der Waals surface area contributed by atoms with Gasteiger partial charge in [-0.3, -0.25) is 0 Å². The summed E-state index contributed by atoms with van der Waals surface area (Å²) in [7, 11) is 1.66. The summed E-state index contributed by atoms with van der Waals surface area (Å²) in [5.74, 6) is 0.841. The van der Waals surface area contributed by atoms with Crippen LogP contribution in [0.5, 0.6) is 5.75 Å². The van der Waals surface area contributed by atoms with Crippen molar-refractivity contribution in [2.45, 2.75) is 13.5 Å². The SMILES string of the molecule is COc1ccc(NC(=S)NCc2ccc[nH]2)c(C)c1. The lowest BCUT2D eigenvalue weighted by molar-refractivity contribution is 0.414. The van der Waals surface area contributed by atoms with E-state index < -0.39 is 0 Å². The third-order valence-electron chi connectivity index (χ3n) is 2.78. The highest BCUT2D eigenvalue weighted by Gasteiger charge is 2.03. The van der Waals surface area contributed by atoms with Crippen LogP contribution < -0.4 is 15.4 Å². The van der Waals surface area contributed by atoms with Crippen LogP contribution in [-0.2, 0) is 6.54 Å². The van der Waals surface area contributed by atoms with Crippen LogP contribution in [0, 0.1) is 6.92 Å². The summed E-state index contributed by atoms with van der Waals surface area (Å²) in [6.07, 6.45) is 1.89. The largest absolute Gasteiger partial charge is 0.497 e. The molecule has 4 nitrogen and oxygen atoms in total. The van der Waals surface area contributed by atoms with E-state index in [0.717, 1.165) is 22.7 Å². The number of H-pyrrole nitrogens is 1. The Bertz CT molecular complexity index is 552. The molecule has 1 heterocycles. The molecule has 0 radical (unpaired) electrons. The minimum Gasteiger partial charge on any atom is -0.497 e. The zero-order valence-electron chi connectivity index (χ0n) is 11.0. The number of aromatic amines is 1. The van der Waals surface area contributed by atoms with E-state index in [-0.39, 0.29) is 0 Å². The van der Waals surface area contributed by atoms with Gasteiger partial charge in [0.25, 0.3) is 0 Å². The summed E-state index contributed by atoms with van der Waals surface area (Å²) in [4.78, 5) is 3.12. The molecule has 5 heteroatoms. The van der Waals surface area contributed by atoms with Gasteiger partial charge < -0.3 is 20.4 Å². The van der Waals surface area contributed by atoms with E-state index in [0.29, 0.717) is 11.7 Å². The summed E-state index contributed by atoms with van der Waals surface area (Å²) in [5.41, 5.74) is 3.16. The zero-order valence-corrected chi connectivity index (χ0v) is 11.8. The Morgan fingerprint density at radius 3 is 2.84 bits per heavy atom. The molecule has 19 heavy (non-hydrogen) atoms. The average Bonchev–Trinajstić information content (AvgIpc) is 2.92. The number of anilines is 1. The van der Waals surface area contributed by atoms with Gasteiger partial charge in [0.1, 0.15) is 5.75 Å². The molecule has 1 aromatic carbocycles. The second kappa shape index (κ2) is 6.24. The molecule has 0 spiro atoms. The van der Waals surface area contributed by atoms with E-state index in [4.69, 9.17) is 17.0 Å². The smallest absolute Gasteiger partial charge is 0.171 e. The van der Waals surface area contributed by atoms with Crippen molar-refractivity contribution >= 4 is 23.0 Å². The number of aryl methyl sites for hydroxylation is 1. The summed E-state index contributed by atoms with van der Waals surface area (Å²) in [6, 6.07) is 9.80. The topological polar surface area (TPSA) is 49.1 Å². The molecule has 0 aliphatic carbocycles. The molecule has 2 rings (SSSR count). The predicted octanol–water partition coefficient (Wildman–Crippen LogP) is 2.82. The fraction of sp³-hybridized carbons (Fsp3) is 0.214. The van der Waals surface area contributed by atoms with Gasteiger partial charge in [0, 0.05) is 17.6 Å². The molecule has 3 N–H and O–H groups in total. The van der Waals surface area contributed by atoms with Crippen LogP contribution in [0.3, 0.4) is 0 Å². The molecular formula is C14H17N3OS. The molecule has 2 aromatic rings. The lowest BCUT2D eigenvalue weighted by Gasteiger charge is -2.13. The number of hydrogen-bond acceptors (Lipinski definition) is 2. The van der Waals surface area contributed by atoms with Crippen molar-refractivity contribution in [3.63, 3.8) is 0 Å². The van der Waals surface area contributed by atoms with Crippen LogP contribution in [0.2, 0.25) is 0 Å². The molecule has 0 amide bonds. The maximum Gasteiger partial charge on any atom is 0.171 e. The van der Waals surface area contributed by atoms with Crippen molar-refractivity contribution in [2.24, 2.45) is 0 Å². The van der Waals surface area contributed by atoms with Crippen LogP contribution in [0.15, 0.2) is 36.5 Å². The number of rotatable bonds is 4. The third kappa shape index (κ3) is 3.72. The summed E-state index contributed by atoms with van der Waals surface area (Å²) < 4.78 is 5.17. The molecule has 0 fully saturated rings. The molecule has 0 unspecified atom stereocenters.